The van der Waals surface area contributed by atoms with Crippen LogP contribution in [0.2, 0.25) is 13.6 Å². The van der Waals surface area contributed by atoms with E-state index in [1.807, 2.05) is 41.0 Å². The van der Waals surface area contributed by atoms with Gasteiger partial charge in [-0.3, -0.25) is 4.98 Å². The standard InChI is InChI=1S/C13H14BN3O/c1-14(2)17-9-8-15-10-12(17)16-13(18-14)11-6-4-3-5-7-11/h3-10H,1-2H3. The van der Waals surface area contributed by atoms with Crippen LogP contribution in [0.1, 0.15) is 5.56 Å². The number of nitrogens with zero attached hydrogens (tertiary/aromatic N) is 3. The summed E-state index contributed by atoms with van der Waals surface area (Å²) in [7, 11) is 0. The lowest BCUT2D eigenvalue weighted by Crippen LogP contribution is -2.64. The molecule has 1 aromatic carbocycles. The Labute approximate surface area is 106 Å². The summed E-state index contributed by atoms with van der Waals surface area (Å²) in [5.74, 6) is 1.49. The molecule has 0 spiro atoms. The first-order valence-corrected chi connectivity index (χ1v) is 6.08. The highest BCUT2D eigenvalue weighted by Crippen LogP contribution is 2.18. The third-order valence-electron chi connectivity index (χ3n) is 3.07. The summed E-state index contributed by atoms with van der Waals surface area (Å²) >= 11 is 0. The molecule has 0 aliphatic carbocycles. The molecule has 1 aromatic heterocycles. The van der Waals surface area contributed by atoms with Crippen molar-refractivity contribution in [2.45, 2.75) is 13.6 Å². The van der Waals surface area contributed by atoms with Crippen LogP contribution in [0.5, 0.6) is 0 Å². The molecule has 0 bridgehead atoms. The summed E-state index contributed by atoms with van der Waals surface area (Å²) in [6.07, 6.45) is 5.41. The lowest BCUT2D eigenvalue weighted by atomic mass is 9.56. The van der Waals surface area contributed by atoms with E-state index in [0.29, 0.717) is 5.90 Å². The fourth-order valence-electron chi connectivity index (χ4n) is 2.15. The molecule has 0 unspecified atom stereocenters. The summed E-state index contributed by atoms with van der Waals surface area (Å²) in [4.78, 5) is 8.64. The monoisotopic (exact) mass is 239 g/mol. The van der Waals surface area contributed by atoms with Gasteiger partial charge in [-0.05, 0) is 17.1 Å². The van der Waals surface area contributed by atoms with Gasteiger partial charge < -0.3 is 9.13 Å². The minimum atomic E-state index is -1.16. The molecule has 18 heavy (non-hydrogen) atoms. The first kappa shape index (κ1) is 11.0. The van der Waals surface area contributed by atoms with Gasteiger partial charge in [0.2, 0.25) is 0 Å². The van der Waals surface area contributed by atoms with Gasteiger partial charge in [0.15, 0.2) is 0 Å². The van der Waals surface area contributed by atoms with E-state index in [4.69, 9.17) is 4.65 Å². The second kappa shape index (κ2) is 3.94. The number of aliphatic imine (C=N–C) groups is 1. The zero-order valence-electron chi connectivity index (χ0n) is 10.4. The van der Waals surface area contributed by atoms with E-state index in [1.54, 1.807) is 12.4 Å². The number of aromatic nitrogens is 2. The molecule has 0 atom stereocenters. The largest absolute Gasteiger partial charge is 0.645 e. The second-order valence-corrected chi connectivity index (χ2v) is 4.91. The average molecular weight is 239 g/mol. The Morgan fingerprint density at radius 3 is 2.72 bits per heavy atom. The number of hydrogen-bond donors (Lipinski definition) is 0. The molecule has 0 amide bonds. The van der Waals surface area contributed by atoms with E-state index in [-0.39, 0.29) is 0 Å². The van der Waals surface area contributed by atoms with Gasteiger partial charge in [0, 0.05) is 0 Å². The van der Waals surface area contributed by atoms with Crippen molar-refractivity contribution in [2.75, 3.05) is 0 Å². The molecule has 5 heteroatoms. The molecule has 2 heterocycles. The topological polar surface area (TPSA) is 38.4 Å². The molecular weight excluding hydrogens is 225 g/mol. The molecule has 0 fully saturated rings. The molecule has 0 saturated carbocycles. The highest BCUT2D eigenvalue weighted by Gasteiger charge is 2.34. The van der Waals surface area contributed by atoms with Crippen LogP contribution in [0.15, 0.2) is 53.9 Å². The third kappa shape index (κ3) is 1.77. The molecule has 3 rings (SSSR count). The van der Waals surface area contributed by atoms with Gasteiger partial charge in [0.05, 0.1) is 18.0 Å². The van der Waals surface area contributed by atoms with Crippen LogP contribution >= 0.6 is 0 Å². The van der Waals surface area contributed by atoms with Gasteiger partial charge in [-0.15, -0.1) is 13.6 Å². The Bertz CT molecular complexity index is 611. The van der Waals surface area contributed by atoms with Crippen LogP contribution in [0.4, 0.5) is 5.82 Å². The van der Waals surface area contributed by atoms with Crippen molar-refractivity contribution >= 4 is 18.2 Å². The van der Waals surface area contributed by atoms with Crippen LogP contribution in [-0.4, -0.2) is 17.4 Å². The van der Waals surface area contributed by atoms with Crippen LogP contribution in [0, 0.1) is 0 Å². The zero-order chi connectivity index (χ0) is 12.6. The maximum atomic E-state index is 6.03. The van der Waals surface area contributed by atoms with Crippen LogP contribution < -0.4 is 4.48 Å². The Kier molecular flexibility index (Phi) is 2.40. The summed E-state index contributed by atoms with van der Waals surface area (Å²) in [6, 6.07) is 9.93. The Hall–Kier alpha value is -2.17. The number of hydrogen-bond acceptors (Lipinski definition) is 3. The summed E-state index contributed by atoms with van der Waals surface area (Å²) in [6.45, 7) is 2.98. The summed E-state index contributed by atoms with van der Waals surface area (Å²) < 4.78 is 8.06. The minimum Gasteiger partial charge on any atom is -0.645 e. The highest BCUT2D eigenvalue weighted by molar-refractivity contribution is 6.64. The first-order valence-electron chi connectivity index (χ1n) is 6.08. The van der Waals surface area contributed by atoms with Crippen molar-refractivity contribution in [1.82, 2.24) is 4.98 Å². The summed E-state index contributed by atoms with van der Waals surface area (Å²) in [5.41, 5.74) is 0.988. The fraction of sp³-hybridized carbons (Fsp3) is 0.154. The van der Waals surface area contributed by atoms with Crippen molar-refractivity contribution in [3.63, 3.8) is 0 Å². The second-order valence-electron chi connectivity index (χ2n) is 4.91. The SMILES string of the molecule is C[B-]1(C)OC(c2ccccc2)=Nc2cncc[n+]21. The molecule has 0 saturated heterocycles. The Morgan fingerprint density at radius 2 is 1.94 bits per heavy atom. The Balaban J connectivity index is 2.14. The fourth-order valence-corrected chi connectivity index (χ4v) is 2.15. The maximum Gasteiger partial charge on any atom is 0.362 e. The van der Waals surface area contributed by atoms with E-state index < -0.39 is 6.48 Å². The molecule has 0 radical (unpaired) electrons. The van der Waals surface area contributed by atoms with E-state index in [0.717, 1.165) is 11.4 Å². The maximum absolute atomic E-state index is 6.03. The van der Waals surface area contributed by atoms with Crippen molar-refractivity contribution in [3.05, 3.63) is 54.5 Å². The average Bonchev–Trinajstić information content (AvgIpc) is 2.39. The van der Waals surface area contributed by atoms with Gasteiger partial charge in [-0.2, -0.15) is 0 Å². The van der Waals surface area contributed by atoms with Crippen molar-refractivity contribution in [1.29, 1.82) is 0 Å². The smallest absolute Gasteiger partial charge is 0.362 e. The predicted molar refractivity (Wildman–Crippen MR) is 71.0 cm³/mol. The van der Waals surface area contributed by atoms with E-state index in [2.05, 4.69) is 23.6 Å². The molecule has 1 aliphatic rings. The lowest BCUT2D eigenvalue weighted by molar-refractivity contribution is -0.546. The van der Waals surface area contributed by atoms with Gasteiger partial charge in [-0.1, -0.05) is 18.2 Å². The zero-order valence-corrected chi connectivity index (χ0v) is 10.4. The van der Waals surface area contributed by atoms with Crippen molar-refractivity contribution in [2.24, 2.45) is 4.99 Å². The van der Waals surface area contributed by atoms with Crippen LogP contribution in [0.25, 0.3) is 0 Å². The van der Waals surface area contributed by atoms with Crippen LogP contribution in [-0.2, 0) is 4.65 Å². The molecule has 90 valence electrons. The van der Waals surface area contributed by atoms with E-state index >= 15 is 0 Å². The van der Waals surface area contributed by atoms with Gasteiger partial charge >= 0.3 is 12.3 Å². The molecule has 1 aliphatic heterocycles. The van der Waals surface area contributed by atoms with Crippen molar-refractivity contribution in [3.8, 4) is 0 Å². The molecule has 2 aromatic rings. The van der Waals surface area contributed by atoms with Crippen LogP contribution in [0.3, 0.4) is 0 Å². The third-order valence-corrected chi connectivity index (χ3v) is 3.07. The van der Waals surface area contributed by atoms with E-state index in [1.165, 1.54) is 0 Å². The minimum absolute atomic E-state index is 0.661. The number of rotatable bonds is 1. The molecule has 0 N–H and O–H groups in total. The van der Waals surface area contributed by atoms with Crippen molar-refractivity contribution < 1.29 is 9.13 Å². The van der Waals surface area contributed by atoms with Gasteiger partial charge in [0.25, 0.3) is 5.90 Å². The predicted octanol–water partition coefficient (Wildman–Crippen LogP) is 2.03. The number of benzene rings is 1. The molecular formula is C13H14BN3O. The Morgan fingerprint density at radius 1 is 1.17 bits per heavy atom. The highest BCUT2D eigenvalue weighted by atomic mass is 16.5. The quantitative estimate of drug-likeness (QED) is 0.714. The van der Waals surface area contributed by atoms with Gasteiger partial charge in [-0.25, -0.2) is 0 Å². The normalized spacial score (nSPS) is 16.4. The lowest BCUT2D eigenvalue weighted by Gasteiger charge is -2.34. The number of fused-ring (bicyclic) bond motifs is 1. The van der Waals surface area contributed by atoms with E-state index in [9.17, 15) is 0 Å². The first-order chi connectivity index (χ1) is 8.67. The van der Waals surface area contributed by atoms with Gasteiger partial charge in [0.1, 0.15) is 6.20 Å². The summed E-state index contributed by atoms with van der Waals surface area (Å²) in [5, 5.41) is 0. The molecule has 4 nitrogen and oxygen atoms in total.